The summed E-state index contributed by atoms with van der Waals surface area (Å²) in [5.41, 5.74) is 2.36. The molecular weight excluding hydrogens is 402 g/mol. The van der Waals surface area contributed by atoms with Gasteiger partial charge in [0.25, 0.3) is 5.91 Å². The Morgan fingerprint density at radius 2 is 1.84 bits per heavy atom. The van der Waals surface area contributed by atoms with Gasteiger partial charge in [0.05, 0.1) is 11.0 Å². The molecule has 1 aromatic heterocycles. The molecule has 1 aliphatic carbocycles. The van der Waals surface area contributed by atoms with E-state index in [1.54, 1.807) is 6.07 Å². The van der Waals surface area contributed by atoms with Crippen molar-refractivity contribution in [3.63, 3.8) is 0 Å². The van der Waals surface area contributed by atoms with Crippen LogP contribution < -0.4 is 5.32 Å². The van der Waals surface area contributed by atoms with Crippen LogP contribution in [0.25, 0.3) is 11.0 Å². The lowest BCUT2D eigenvalue weighted by Crippen LogP contribution is -2.41. The van der Waals surface area contributed by atoms with Crippen LogP contribution in [0.15, 0.2) is 18.2 Å². The topological polar surface area (TPSA) is 84.2 Å². The Labute approximate surface area is 191 Å². The predicted octanol–water partition coefficient (Wildman–Crippen LogP) is 5.75. The highest BCUT2D eigenvalue weighted by atomic mass is 16.4. The molecule has 1 unspecified atom stereocenters. The van der Waals surface area contributed by atoms with Gasteiger partial charge in [-0.3, -0.25) is 4.79 Å². The molecule has 2 N–H and O–H groups in total. The summed E-state index contributed by atoms with van der Waals surface area (Å²) in [6, 6.07) is 5.12. The van der Waals surface area contributed by atoms with Gasteiger partial charge in [-0.05, 0) is 49.3 Å². The Hall–Kier alpha value is -2.37. The molecule has 1 amide bonds. The number of benzene rings is 1. The smallest absolute Gasteiger partial charge is 0.326 e. The first kappa shape index (κ1) is 24.3. The van der Waals surface area contributed by atoms with Crippen molar-refractivity contribution in [3.05, 3.63) is 29.6 Å². The largest absolute Gasteiger partial charge is 0.480 e. The van der Waals surface area contributed by atoms with E-state index < -0.39 is 12.0 Å². The average molecular weight is 442 g/mol. The minimum atomic E-state index is -0.989. The van der Waals surface area contributed by atoms with Crippen molar-refractivity contribution >= 4 is 22.9 Å². The number of amides is 1. The second-order valence-corrected chi connectivity index (χ2v) is 9.54. The van der Waals surface area contributed by atoms with Gasteiger partial charge < -0.3 is 15.0 Å². The summed E-state index contributed by atoms with van der Waals surface area (Å²) >= 11 is 0. The number of hydrogen-bond donors (Lipinski definition) is 2. The van der Waals surface area contributed by atoms with Crippen LogP contribution in [0.3, 0.4) is 0 Å². The summed E-state index contributed by atoms with van der Waals surface area (Å²) in [5.74, 6) is 0.708. The molecule has 2 atom stereocenters. The molecule has 0 bridgehead atoms. The number of carboxylic acid groups (broad SMARTS) is 1. The highest BCUT2D eigenvalue weighted by Crippen LogP contribution is 2.32. The second-order valence-electron chi connectivity index (χ2n) is 9.54. The van der Waals surface area contributed by atoms with Crippen LogP contribution in [0.5, 0.6) is 0 Å². The van der Waals surface area contributed by atoms with Crippen LogP contribution in [0, 0.1) is 11.8 Å². The lowest BCUT2D eigenvalue weighted by molar-refractivity contribution is -0.139. The van der Waals surface area contributed by atoms with E-state index in [0.29, 0.717) is 23.9 Å². The molecule has 0 radical (unpaired) electrons. The Bertz CT molecular complexity index is 926. The van der Waals surface area contributed by atoms with Gasteiger partial charge in [-0.15, -0.1) is 0 Å². The number of nitrogens with zero attached hydrogens (tertiary/aromatic N) is 2. The zero-order valence-corrected chi connectivity index (χ0v) is 20.1. The number of aliphatic carboxylic acids is 1. The Kier molecular flexibility index (Phi) is 8.32. The third-order valence-corrected chi connectivity index (χ3v) is 7.22. The lowest BCUT2D eigenvalue weighted by atomic mass is 9.99. The minimum Gasteiger partial charge on any atom is -0.480 e. The van der Waals surface area contributed by atoms with Gasteiger partial charge in [0.2, 0.25) is 0 Å². The van der Waals surface area contributed by atoms with Gasteiger partial charge in [0.15, 0.2) is 0 Å². The zero-order chi connectivity index (χ0) is 23.3. The van der Waals surface area contributed by atoms with E-state index in [0.717, 1.165) is 42.5 Å². The van der Waals surface area contributed by atoms with E-state index in [1.807, 2.05) is 26.0 Å². The number of carbonyl (C=O) groups excluding carboxylic acids is 1. The number of imidazole rings is 1. The van der Waals surface area contributed by atoms with Crippen LogP contribution in [0.1, 0.15) is 101 Å². The number of nitrogens with one attached hydrogen (secondary N) is 1. The van der Waals surface area contributed by atoms with Gasteiger partial charge in [0.1, 0.15) is 11.9 Å². The van der Waals surface area contributed by atoms with Crippen LogP contribution in [0.2, 0.25) is 0 Å². The molecular formula is C26H39N3O3. The average Bonchev–Trinajstić information content (AvgIpc) is 3.41. The van der Waals surface area contributed by atoms with E-state index in [-0.39, 0.29) is 11.8 Å². The normalized spacial score (nSPS) is 16.5. The molecule has 6 heteroatoms. The predicted molar refractivity (Wildman–Crippen MR) is 128 cm³/mol. The molecule has 0 spiro atoms. The zero-order valence-electron chi connectivity index (χ0n) is 20.1. The maximum atomic E-state index is 12.9. The number of rotatable bonds is 11. The molecule has 6 nitrogen and oxygen atoms in total. The van der Waals surface area contributed by atoms with E-state index in [9.17, 15) is 14.7 Å². The van der Waals surface area contributed by atoms with E-state index >= 15 is 0 Å². The maximum Gasteiger partial charge on any atom is 0.326 e. The van der Waals surface area contributed by atoms with Gasteiger partial charge in [0, 0.05) is 18.0 Å². The molecule has 176 valence electrons. The molecule has 1 saturated carbocycles. The summed E-state index contributed by atoms with van der Waals surface area (Å²) < 4.78 is 2.39. The highest BCUT2D eigenvalue weighted by Gasteiger charge is 2.25. The molecule has 1 heterocycles. The Balaban J connectivity index is 1.89. The third-order valence-electron chi connectivity index (χ3n) is 7.22. The Morgan fingerprint density at radius 1 is 1.16 bits per heavy atom. The van der Waals surface area contributed by atoms with Crippen molar-refractivity contribution in [2.24, 2.45) is 11.8 Å². The van der Waals surface area contributed by atoms with Gasteiger partial charge in [-0.25, -0.2) is 9.78 Å². The van der Waals surface area contributed by atoms with Gasteiger partial charge in [-0.1, -0.05) is 59.8 Å². The Morgan fingerprint density at radius 3 is 2.44 bits per heavy atom. The highest BCUT2D eigenvalue weighted by molar-refractivity contribution is 5.99. The van der Waals surface area contributed by atoms with E-state index in [4.69, 9.17) is 4.98 Å². The summed E-state index contributed by atoms with van der Waals surface area (Å²) in [4.78, 5) is 29.5. The van der Waals surface area contributed by atoms with Crippen LogP contribution in [-0.2, 0) is 11.2 Å². The SMILES string of the molecule is CCC(C)C[C@H](NC(=O)c1ccc2c(c1)nc(CC1CCCC1)n2C(CC)CC)C(=O)O. The number of carbonyl (C=O) groups is 2. The molecule has 1 aliphatic rings. The number of aromatic nitrogens is 2. The van der Waals surface area contributed by atoms with Gasteiger partial charge >= 0.3 is 5.97 Å². The molecule has 32 heavy (non-hydrogen) atoms. The fourth-order valence-electron chi connectivity index (χ4n) is 5.00. The first-order valence-corrected chi connectivity index (χ1v) is 12.4. The fourth-order valence-corrected chi connectivity index (χ4v) is 5.00. The second kappa shape index (κ2) is 11.0. The van der Waals surface area contributed by atoms with Crippen LogP contribution >= 0.6 is 0 Å². The van der Waals surface area contributed by atoms with Crippen molar-refractivity contribution in [1.29, 1.82) is 0 Å². The van der Waals surface area contributed by atoms with Gasteiger partial charge in [-0.2, -0.15) is 0 Å². The first-order valence-electron chi connectivity index (χ1n) is 12.4. The molecule has 0 aliphatic heterocycles. The lowest BCUT2D eigenvalue weighted by Gasteiger charge is -2.20. The van der Waals surface area contributed by atoms with Crippen molar-refractivity contribution < 1.29 is 14.7 Å². The summed E-state index contributed by atoms with van der Waals surface area (Å²) in [6.45, 7) is 8.46. The summed E-state index contributed by atoms with van der Waals surface area (Å²) in [7, 11) is 0. The molecule has 2 aromatic rings. The fraction of sp³-hybridized carbons (Fsp3) is 0.654. The molecule has 1 fully saturated rings. The van der Waals surface area contributed by atoms with Crippen LogP contribution in [-0.4, -0.2) is 32.6 Å². The van der Waals surface area contributed by atoms with E-state index in [2.05, 4.69) is 23.7 Å². The monoisotopic (exact) mass is 441 g/mol. The number of hydrogen-bond acceptors (Lipinski definition) is 3. The molecule has 3 rings (SSSR count). The molecule has 1 aromatic carbocycles. The quantitative estimate of drug-likeness (QED) is 0.465. The van der Waals surface area contributed by atoms with Crippen molar-refractivity contribution in [1.82, 2.24) is 14.9 Å². The number of fused-ring (bicyclic) bond motifs is 1. The third kappa shape index (κ3) is 5.51. The van der Waals surface area contributed by atoms with E-state index in [1.165, 1.54) is 25.7 Å². The van der Waals surface area contributed by atoms with Crippen molar-refractivity contribution in [2.75, 3.05) is 0 Å². The molecule has 0 saturated heterocycles. The minimum absolute atomic E-state index is 0.229. The standard InChI is InChI=1S/C26H39N3O3/c1-5-17(4)14-22(26(31)32)28-25(30)19-12-13-23-21(16-19)27-24(15-18-10-8-9-11-18)29(23)20(6-2)7-3/h12-13,16-18,20,22H,5-11,14-15H2,1-4H3,(H,28,30)(H,31,32)/t17?,22-/m0/s1. The maximum absolute atomic E-state index is 12.9. The summed E-state index contributed by atoms with van der Waals surface area (Å²) in [6.07, 6.45) is 9.53. The summed E-state index contributed by atoms with van der Waals surface area (Å²) in [5, 5.41) is 12.3. The van der Waals surface area contributed by atoms with Crippen molar-refractivity contribution in [2.45, 2.75) is 97.6 Å². The first-order chi connectivity index (χ1) is 15.4. The van der Waals surface area contributed by atoms with Crippen molar-refractivity contribution in [3.8, 4) is 0 Å². The van der Waals surface area contributed by atoms with Crippen LogP contribution in [0.4, 0.5) is 0 Å². The number of carboxylic acids is 1.